The number of aliphatic hydroxyl groups is 1. The van der Waals surface area contributed by atoms with Crippen LogP contribution >= 0.6 is 0 Å². The van der Waals surface area contributed by atoms with E-state index in [-0.39, 0.29) is 11.5 Å². The van der Waals surface area contributed by atoms with Gasteiger partial charge in [0.05, 0.1) is 6.10 Å². The molecule has 2 fully saturated rings. The quantitative estimate of drug-likeness (QED) is 0.835. The molecule has 0 bridgehead atoms. The molecule has 5 atom stereocenters. The van der Waals surface area contributed by atoms with Gasteiger partial charge in [-0.15, -0.1) is 0 Å². The fourth-order valence-electron chi connectivity index (χ4n) is 5.78. The summed E-state index contributed by atoms with van der Waals surface area (Å²) in [6.07, 6.45) is 8.77. The zero-order valence-electron chi connectivity index (χ0n) is 14.1. The van der Waals surface area contributed by atoms with Crippen molar-refractivity contribution in [1.29, 1.82) is 0 Å². The molecule has 0 unspecified atom stereocenters. The summed E-state index contributed by atoms with van der Waals surface area (Å²) in [7, 11) is 0. The molecule has 0 radical (unpaired) electrons. The molecule has 1 aromatic rings. The van der Waals surface area contributed by atoms with Gasteiger partial charge in [-0.05, 0) is 85.0 Å². The molecular formula is C21H28O2. The molecule has 2 nitrogen and oxygen atoms in total. The van der Waals surface area contributed by atoms with Crippen LogP contribution in [-0.4, -0.2) is 17.8 Å². The van der Waals surface area contributed by atoms with Gasteiger partial charge in [-0.25, -0.2) is 0 Å². The Morgan fingerprint density at radius 1 is 1.30 bits per heavy atom. The molecule has 124 valence electrons. The van der Waals surface area contributed by atoms with Gasteiger partial charge < -0.3 is 9.84 Å². The van der Waals surface area contributed by atoms with Gasteiger partial charge in [-0.3, -0.25) is 0 Å². The summed E-state index contributed by atoms with van der Waals surface area (Å²) >= 11 is 0. The number of rotatable bonds is 3. The monoisotopic (exact) mass is 312 g/mol. The van der Waals surface area contributed by atoms with Crippen molar-refractivity contribution in [1.82, 2.24) is 0 Å². The summed E-state index contributed by atoms with van der Waals surface area (Å²) in [6, 6.07) is 6.67. The fraction of sp³-hybridized carbons (Fsp3) is 0.619. The van der Waals surface area contributed by atoms with Crippen LogP contribution < -0.4 is 4.74 Å². The van der Waals surface area contributed by atoms with Crippen LogP contribution in [-0.2, 0) is 6.42 Å². The van der Waals surface area contributed by atoms with Crippen LogP contribution in [0.3, 0.4) is 0 Å². The van der Waals surface area contributed by atoms with E-state index in [9.17, 15) is 5.11 Å². The van der Waals surface area contributed by atoms with Crippen molar-refractivity contribution in [2.24, 2.45) is 17.3 Å². The molecule has 0 amide bonds. The van der Waals surface area contributed by atoms with E-state index in [2.05, 4.69) is 31.7 Å². The van der Waals surface area contributed by atoms with Gasteiger partial charge in [0.2, 0.25) is 0 Å². The molecule has 0 saturated heterocycles. The summed E-state index contributed by atoms with van der Waals surface area (Å²) in [5.41, 5.74) is 3.21. The lowest BCUT2D eigenvalue weighted by Gasteiger charge is -2.50. The summed E-state index contributed by atoms with van der Waals surface area (Å²) in [5.74, 6) is 3.13. The molecule has 4 rings (SSSR count). The second-order valence-corrected chi connectivity index (χ2v) is 8.01. The number of fused-ring (bicyclic) bond motifs is 5. The first-order valence-electron chi connectivity index (χ1n) is 9.18. The Morgan fingerprint density at radius 2 is 2.17 bits per heavy atom. The van der Waals surface area contributed by atoms with Crippen molar-refractivity contribution in [3.05, 3.63) is 42.0 Å². The van der Waals surface area contributed by atoms with E-state index in [1.165, 1.54) is 31.2 Å². The zero-order chi connectivity index (χ0) is 16.0. The molecule has 3 aliphatic carbocycles. The lowest BCUT2D eigenvalue weighted by Crippen LogP contribution is -2.43. The van der Waals surface area contributed by atoms with Crippen molar-refractivity contribution in [2.45, 2.75) is 57.5 Å². The minimum Gasteiger partial charge on any atom is -0.490 e. The Balaban J connectivity index is 1.61. The van der Waals surface area contributed by atoms with Crippen molar-refractivity contribution in [2.75, 3.05) is 6.61 Å². The highest BCUT2D eigenvalue weighted by Crippen LogP contribution is 2.60. The van der Waals surface area contributed by atoms with Crippen molar-refractivity contribution >= 4 is 0 Å². The predicted molar refractivity (Wildman–Crippen MR) is 92.8 cm³/mol. The molecule has 0 aliphatic heterocycles. The van der Waals surface area contributed by atoms with Crippen molar-refractivity contribution in [3.8, 4) is 5.75 Å². The van der Waals surface area contributed by atoms with E-state index >= 15 is 0 Å². The van der Waals surface area contributed by atoms with E-state index in [0.29, 0.717) is 18.4 Å². The highest BCUT2D eigenvalue weighted by atomic mass is 16.5. The molecular weight excluding hydrogens is 284 g/mol. The van der Waals surface area contributed by atoms with Crippen LogP contribution in [0.2, 0.25) is 0 Å². The Kier molecular flexibility index (Phi) is 3.76. The first-order chi connectivity index (χ1) is 11.1. The SMILES string of the molecule is C=CCOc1ccc2c(c1)CC[C@H]1[C@@H]2CC[C@@]2(C)[C@@H](O)CC[C@@H]12. The van der Waals surface area contributed by atoms with Gasteiger partial charge in [-0.2, -0.15) is 0 Å². The van der Waals surface area contributed by atoms with Gasteiger partial charge in [0.25, 0.3) is 0 Å². The fourth-order valence-corrected chi connectivity index (χ4v) is 5.78. The average Bonchev–Trinajstić information content (AvgIpc) is 2.88. The highest BCUT2D eigenvalue weighted by Gasteiger charge is 2.54. The standard InChI is InChI=1S/C21H28O2/c1-3-12-23-15-5-7-16-14(13-15)4-6-18-17(16)10-11-21(2)19(18)8-9-20(21)22/h3,5,7,13,17-20,22H,1,4,6,8-12H2,2H3/t17-,18+,19+,20+,21-/m1/s1. The zero-order valence-corrected chi connectivity index (χ0v) is 14.1. The third kappa shape index (κ3) is 2.34. The molecule has 0 aromatic heterocycles. The smallest absolute Gasteiger partial charge is 0.120 e. The summed E-state index contributed by atoms with van der Waals surface area (Å²) in [4.78, 5) is 0. The second-order valence-electron chi connectivity index (χ2n) is 8.01. The van der Waals surface area contributed by atoms with Crippen LogP contribution in [0, 0.1) is 17.3 Å². The van der Waals surface area contributed by atoms with Crippen molar-refractivity contribution in [3.63, 3.8) is 0 Å². The molecule has 23 heavy (non-hydrogen) atoms. The first kappa shape index (κ1) is 15.3. The van der Waals surface area contributed by atoms with Crippen LogP contribution in [0.4, 0.5) is 0 Å². The predicted octanol–water partition coefficient (Wildman–Crippen LogP) is 4.47. The van der Waals surface area contributed by atoms with Gasteiger partial charge in [-0.1, -0.05) is 25.6 Å². The molecule has 3 aliphatic rings. The summed E-state index contributed by atoms with van der Waals surface area (Å²) < 4.78 is 5.71. The van der Waals surface area contributed by atoms with Gasteiger partial charge in [0, 0.05) is 0 Å². The minimum atomic E-state index is -0.0791. The number of hydrogen-bond donors (Lipinski definition) is 1. The maximum Gasteiger partial charge on any atom is 0.120 e. The molecule has 2 saturated carbocycles. The third-order valence-corrected chi connectivity index (χ3v) is 7.02. The van der Waals surface area contributed by atoms with Crippen LogP contribution in [0.1, 0.15) is 56.1 Å². The normalized spacial score (nSPS) is 38.3. The van der Waals surface area contributed by atoms with Gasteiger partial charge >= 0.3 is 0 Å². The lowest BCUT2D eigenvalue weighted by atomic mass is 9.55. The Bertz CT molecular complexity index is 608. The minimum absolute atomic E-state index is 0.0791. The number of aliphatic hydroxyl groups excluding tert-OH is 1. The Labute approximate surface area is 139 Å². The largest absolute Gasteiger partial charge is 0.490 e. The van der Waals surface area contributed by atoms with Gasteiger partial charge in [0.15, 0.2) is 0 Å². The van der Waals surface area contributed by atoms with E-state index in [4.69, 9.17) is 4.74 Å². The van der Waals surface area contributed by atoms with E-state index in [0.717, 1.165) is 24.5 Å². The molecule has 2 heteroatoms. The van der Waals surface area contributed by atoms with Gasteiger partial charge in [0.1, 0.15) is 12.4 Å². The third-order valence-electron chi connectivity index (χ3n) is 7.02. The molecule has 0 heterocycles. The van der Waals surface area contributed by atoms with Crippen LogP contribution in [0.15, 0.2) is 30.9 Å². The van der Waals surface area contributed by atoms with Crippen molar-refractivity contribution < 1.29 is 9.84 Å². The second kappa shape index (κ2) is 5.66. The Hall–Kier alpha value is -1.28. The van der Waals surface area contributed by atoms with E-state index < -0.39 is 0 Å². The summed E-state index contributed by atoms with van der Waals surface area (Å²) in [6.45, 7) is 6.63. The topological polar surface area (TPSA) is 29.5 Å². The summed E-state index contributed by atoms with van der Waals surface area (Å²) in [5, 5.41) is 10.5. The lowest BCUT2D eigenvalue weighted by molar-refractivity contribution is -0.0226. The van der Waals surface area contributed by atoms with Crippen LogP contribution in [0.25, 0.3) is 0 Å². The first-order valence-corrected chi connectivity index (χ1v) is 9.18. The highest BCUT2D eigenvalue weighted by molar-refractivity contribution is 5.40. The van der Waals surface area contributed by atoms with Crippen LogP contribution in [0.5, 0.6) is 5.75 Å². The molecule has 1 aromatic carbocycles. The molecule has 0 spiro atoms. The maximum atomic E-state index is 10.5. The number of hydrogen-bond acceptors (Lipinski definition) is 2. The Morgan fingerprint density at radius 3 is 3.00 bits per heavy atom. The maximum absolute atomic E-state index is 10.5. The van der Waals surface area contributed by atoms with E-state index in [1.807, 2.05) is 0 Å². The number of ether oxygens (including phenoxy) is 1. The average molecular weight is 312 g/mol. The molecule has 1 N–H and O–H groups in total. The number of benzene rings is 1. The number of aryl methyl sites for hydroxylation is 1. The van der Waals surface area contributed by atoms with E-state index in [1.54, 1.807) is 11.6 Å².